The lowest BCUT2D eigenvalue weighted by atomic mass is 10.2. The van der Waals surface area contributed by atoms with Gasteiger partial charge in [0.1, 0.15) is 5.25 Å². The Balaban J connectivity index is 2.39. The molecule has 1 saturated heterocycles. The van der Waals surface area contributed by atoms with Crippen molar-refractivity contribution in [1.82, 2.24) is 4.98 Å². The molecule has 6 nitrogen and oxygen atoms in total. The average molecular weight is 352 g/mol. The number of aromatic nitrogens is 1. The minimum Gasteiger partial charge on any atom is -0.395 e. The first-order valence-electron chi connectivity index (χ1n) is 5.36. The fourth-order valence-electron chi connectivity index (χ4n) is 1.86. The second kappa shape index (κ2) is 4.71. The fraction of sp³-hybridized carbons (Fsp3) is 0.400. The van der Waals surface area contributed by atoms with Gasteiger partial charge >= 0.3 is 10.2 Å². The van der Waals surface area contributed by atoms with E-state index in [1.165, 1.54) is 6.20 Å². The molecule has 0 aliphatic carbocycles. The van der Waals surface area contributed by atoms with Crippen LogP contribution in [-0.4, -0.2) is 31.1 Å². The van der Waals surface area contributed by atoms with Gasteiger partial charge in [0.2, 0.25) is 5.91 Å². The highest BCUT2D eigenvalue weighted by molar-refractivity contribution is 9.10. The Morgan fingerprint density at radius 3 is 2.74 bits per heavy atom. The van der Waals surface area contributed by atoms with Crippen LogP contribution in [0.25, 0.3) is 0 Å². The van der Waals surface area contributed by atoms with Crippen molar-refractivity contribution in [2.75, 3.05) is 17.2 Å². The molecule has 0 bridgehead atoms. The predicted octanol–water partition coefficient (Wildman–Crippen LogP) is 1.14. The minimum atomic E-state index is -4.75. The molecule has 2 rings (SSSR count). The number of anilines is 2. The average Bonchev–Trinajstić information content (AvgIpc) is 2.68. The van der Waals surface area contributed by atoms with Crippen LogP contribution in [0.1, 0.15) is 12.0 Å². The number of carbonyl (C=O) groups is 1. The predicted molar refractivity (Wildman–Crippen MR) is 71.9 cm³/mol. The van der Waals surface area contributed by atoms with E-state index in [1.807, 2.05) is 0 Å². The molecule has 0 aromatic carbocycles. The van der Waals surface area contributed by atoms with E-state index >= 15 is 0 Å². The van der Waals surface area contributed by atoms with Crippen molar-refractivity contribution in [1.29, 1.82) is 0 Å². The molecule has 2 heterocycles. The van der Waals surface area contributed by atoms with Gasteiger partial charge in [-0.15, -0.1) is 3.89 Å². The molecule has 1 aliphatic rings. The van der Waals surface area contributed by atoms with Crippen molar-refractivity contribution in [2.24, 2.45) is 0 Å². The second-order valence-electron chi connectivity index (χ2n) is 4.27. The maximum atomic E-state index is 12.9. The summed E-state index contributed by atoms with van der Waals surface area (Å²) < 4.78 is 35.3. The van der Waals surface area contributed by atoms with Gasteiger partial charge in [-0.1, -0.05) is 0 Å². The molecule has 1 aliphatic heterocycles. The first-order chi connectivity index (χ1) is 8.71. The molecule has 1 aromatic rings. The number of nitrogen functional groups attached to an aromatic ring is 1. The van der Waals surface area contributed by atoms with Gasteiger partial charge in [0.15, 0.2) is 5.82 Å². The Morgan fingerprint density at radius 1 is 1.58 bits per heavy atom. The van der Waals surface area contributed by atoms with Crippen molar-refractivity contribution in [3.05, 3.63) is 16.2 Å². The molecule has 104 valence electrons. The van der Waals surface area contributed by atoms with Crippen LogP contribution >= 0.6 is 15.9 Å². The fourth-order valence-corrected chi connectivity index (χ4v) is 2.85. The second-order valence-corrected chi connectivity index (χ2v) is 6.75. The number of nitrogens with zero attached hydrogens (tertiary/aromatic N) is 2. The smallest absolute Gasteiger partial charge is 0.307 e. The number of halogens is 2. The summed E-state index contributed by atoms with van der Waals surface area (Å²) >= 11 is 3.25. The van der Waals surface area contributed by atoms with E-state index in [-0.39, 0.29) is 18.1 Å². The summed E-state index contributed by atoms with van der Waals surface area (Å²) in [6.07, 6.45) is 1.07. The molecular weight excluding hydrogens is 341 g/mol. The Hall–Kier alpha value is -1.22. The summed E-state index contributed by atoms with van der Waals surface area (Å²) in [5.41, 5.74) is 6.80. The van der Waals surface area contributed by atoms with E-state index < -0.39 is 27.8 Å². The molecule has 1 fully saturated rings. The van der Waals surface area contributed by atoms with Crippen LogP contribution in [0.2, 0.25) is 0 Å². The maximum absolute atomic E-state index is 12.9. The monoisotopic (exact) mass is 351 g/mol. The van der Waals surface area contributed by atoms with Gasteiger partial charge in [-0.05, 0) is 28.4 Å². The van der Waals surface area contributed by atoms with Crippen molar-refractivity contribution >= 4 is 43.6 Å². The zero-order chi connectivity index (χ0) is 14.4. The normalized spacial score (nSPS) is 20.1. The van der Waals surface area contributed by atoms with E-state index in [0.717, 1.165) is 4.90 Å². The number of hydrogen-bond donors (Lipinski definition) is 1. The third kappa shape index (κ3) is 2.57. The van der Waals surface area contributed by atoms with Gasteiger partial charge in [-0.25, -0.2) is 4.98 Å². The number of amides is 1. The van der Waals surface area contributed by atoms with E-state index in [0.29, 0.717) is 10.0 Å². The molecule has 19 heavy (non-hydrogen) atoms. The summed E-state index contributed by atoms with van der Waals surface area (Å²) in [5.74, 6) is -0.344. The highest BCUT2D eigenvalue weighted by Crippen LogP contribution is 2.32. The van der Waals surface area contributed by atoms with Gasteiger partial charge in [0.05, 0.1) is 5.69 Å². The zero-order valence-corrected chi connectivity index (χ0v) is 12.3. The molecule has 1 unspecified atom stereocenters. The largest absolute Gasteiger partial charge is 0.395 e. The summed E-state index contributed by atoms with van der Waals surface area (Å²) in [7, 11) is -4.75. The Labute approximate surface area is 118 Å². The Morgan fingerprint density at radius 2 is 2.21 bits per heavy atom. The standard InChI is InChI=1S/C10H11BrFN3O3S/c1-5-7(11)3-14-10(9(5)13)15-4-6(2-8(15)16)19(12,17)18/h3,6H,2,4,13H2,1H3. The molecule has 0 spiro atoms. The zero-order valence-electron chi connectivity index (χ0n) is 9.93. The van der Waals surface area contributed by atoms with Crippen LogP contribution in [0, 0.1) is 6.92 Å². The van der Waals surface area contributed by atoms with E-state index in [1.54, 1.807) is 6.92 Å². The molecule has 1 amide bonds. The highest BCUT2D eigenvalue weighted by Gasteiger charge is 2.40. The molecule has 9 heteroatoms. The van der Waals surface area contributed by atoms with Crippen molar-refractivity contribution in [3.8, 4) is 0 Å². The first kappa shape index (κ1) is 14.2. The minimum absolute atomic E-state index is 0.164. The molecule has 0 saturated carbocycles. The SMILES string of the molecule is Cc1c(Br)cnc(N2CC(S(=O)(=O)F)CC2=O)c1N. The lowest BCUT2D eigenvalue weighted by Crippen LogP contribution is -2.28. The van der Waals surface area contributed by atoms with Crippen LogP contribution < -0.4 is 10.6 Å². The Kier molecular flexibility index (Phi) is 3.52. The van der Waals surface area contributed by atoms with Crippen LogP contribution in [-0.2, 0) is 15.0 Å². The maximum Gasteiger partial charge on any atom is 0.307 e. The van der Waals surface area contributed by atoms with Gasteiger partial charge in [0.25, 0.3) is 0 Å². The van der Waals surface area contributed by atoms with Gasteiger partial charge in [-0.2, -0.15) is 8.42 Å². The van der Waals surface area contributed by atoms with Crippen molar-refractivity contribution in [2.45, 2.75) is 18.6 Å². The Bertz CT molecular complexity index is 650. The summed E-state index contributed by atoms with van der Waals surface area (Å²) in [6, 6.07) is 0. The van der Waals surface area contributed by atoms with E-state index in [9.17, 15) is 17.1 Å². The molecular formula is C10H11BrFN3O3S. The lowest BCUT2D eigenvalue weighted by Gasteiger charge is -2.18. The quantitative estimate of drug-likeness (QED) is 0.806. The molecule has 1 atom stereocenters. The van der Waals surface area contributed by atoms with Crippen LogP contribution in [0.15, 0.2) is 10.7 Å². The number of pyridine rings is 1. The lowest BCUT2D eigenvalue weighted by molar-refractivity contribution is -0.117. The molecule has 2 N–H and O–H groups in total. The summed E-state index contributed by atoms with van der Waals surface area (Å²) in [6.45, 7) is 1.46. The number of hydrogen-bond acceptors (Lipinski definition) is 5. The van der Waals surface area contributed by atoms with Crippen LogP contribution in [0.3, 0.4) is 0 Å². The summed E-state index contributed by atoms with van der Waals surface area (Å²) in [4.78, 5) is 16.9. The van der Waals surface area contributed by atoms with Gasteiger partial charge in [0, 0.05) is 23.6 Å². The topological polar surface area (TPSA) is 93.4 Å². The van der Waals surface area contributed by atoms with Crippen molar-refractivity contribution in [3.63, 3.8) is 0 Å². The third-order valence-electron chi connectivity index (χ3n) is 3.05. The van der Waals surface area contributed by atoms with Gasteiger partial charge in [-0.3, -0.25) is 9.69 Å². The van der Waals surface area contributed by atoms with Crippen LogP contribution in [0.5, 0.6) is 0 Å². The van der Waals surface area contributed by atoms with Crippen LogP contribution in [0.4, 0.5) is 15.4 Å². The summed E-state index contributed by atoms with van der Waals surface area (Å²) in [5, 5.41) is -1.36. The number of nitrogens with two attached hydrogens (primary N) is 1. The third-order valence-corrected chi connectivity index (χ3v) is 4.96. The molecule has 0 radical (unpaired) electrons. The highest BCUT2D eigenvalue weighted by atomic mass is 79.9. The van der Waals surface area contributed by atoms with Crippen molar-refractivity contribution < 1.29 is 17.1 Å². The number of carbonyl (C=O) groups excluding carboxylic acids is 1. The molecule has 1 aromatic heterocycles. The van der Waals surface area contributed by atoms with Gasteiger partial charge < -0.3 is 5.73 Å². The first-order valence-corrected chi connectivity index (χ1v) is 7.60. The number of rotatable bonds is 2. The van der Waals surface area contributed by atoms with E-state index in [4.69, 9.17) is 5.73 Å². The van der Waals surface area contributed by atoms with E-state index in [2.05, 4.69) is 20.9 Å².